The SMILES string of the molecule is Cc1noc(C)c1CN1CCC(NC(=O)C2CCCCC2)CC1. The molecule has 128 valence electrons. The van der Waals surface area contributed by atoms with Crippen LogP contribution in [-0.2, 0) is 11.3 Å². The van der Waals surface area contributed by atoms with Crippen LogP contribution in [0.2, 0.25) is 0 Å². The van der Waals surface area contributed by atoms with Crippen molar-refractivity contribution in [1.29, 1.82) is 0 Å². The Morgan fingerprint density at radius 3 is 2.48 bits per heavy atom. The maximum absolute atomic E-state index is 12.3. The lowest BCUT2D eigenvalue weighted by Crippen LogP contribution is -2.46. The first kappa shape index (κ1) is 16.5. The van der Waals surface area contributed by atoms with E-state index in [2.05, 4.69) is 15.4 Å². The molecule has 1 aliphatic carbocycles. The molecule has 2 fully saturated rings. The third-order valence-corrected chi connectivity index (χ3v) is 5.47. The van der Waals surface area contributed by atoms with Crippen LogP contribution >= 0.6 is 0 Å². The number of nitrogens with one attached hydrogen (secondary N) is 1. The molecule has 1 aromatic rings. The van der Waals surface area contributed by atoms with Crippen LogP contribution in [0.4, 0.5) is 0 Å². The second-order valence-electron chi connectivity index (χ2n) is 7.20. The van der Waals surface area contributed by atoms with Crippen molar-refractivity contribution in [2.45, 2.75) is 71.4 Å². The van der Waals surface area contributed by atoms with E-state index >= 15 is 0 Å². The van der Waals surface area contributed by atoms with Gasteiger partial charge in [-0.05, 0) is 39.5 Å². The maximum atomic E-state index is 12.3. The average molecular weight is 319 g/mol. The summed E-state index contributed by atoms with van der Waals surface area (Å²) in [4.78, 5) is 14.8. The van der Waals surface area contributed by atoms with Crippen LogP contribution in [0.25, 0.3) is 0 Å². The van der Waals surface area contributed by atoms with Crippen LogP contribution in [0.15, 0.2) is 4.52 Å². The number of aromatic nitrogens is 1. The molecule has 0 aromatic carbocycles. The molecule has 0 radical (unpaired) electrons. The molecular weight excluding hydrogens is 290 g/mol. The minimum Gasteiger partial charge on any atom is -0.361 e. The minimum absolute atomic E-state index is 0.268. The summed E-state index contributed by atoms with van der Waals surface area (Å²) in [5.74, 6) is 1.49. The van der Waals surface area contributed by atoms with Gasteiger partial charge in [0.15, 0.2) is 0 Å². The Kier molecular flexibility index (Phi) is 5.36. The first-order valence-corrected chi connectivity index (χ1v) is 9.08. The van der Waals surface area contributed by atoms with E-state index in [4.69, 9.17) is 4.52 Å². The topological polar surface area (TPSA) is 58.4 Å². The molecule has 0 unspecified atom stereocenters. The van der Waals surface area contributed by atoms with Gasteiger partial charge in [0.2, 0.25) is 5.91 Å². The van der Waals surface area contributed by atoms with Crippen LogP contribution < -0.4 is 5.32 Å². The number of nitrogens with zero attached hydrogens (tertiary/aromatic N) is 2. The molecule has 0 bridgehead atoms. The van der Waals surface area contributed by atoms with Crippen molar-refractivity contribution in [3.8, 4) is 0 Å². The smallest absolute Gasteiger partial charge is 0.223 e. The minimum atomic E-state index is 0.268. The van der Waals surface area contributed by atoms with Crippen molar-refractivity contribution in [3.63, 3.8) is 0 Å². The van der Waals surface area contributed by atoms with E-state index in [0.717, 1.165) is 56.8 Å². The molecule has 1 saturated heterocycles. The van der Waals surface area contributed by atoms with Gasteiger partial charge in [0.05, 0.1) is 5.69 Å². The molecule has 5 nitrogen and oxygen atoms in total. The summed E-state index contributed by atoms with van der Waals surface area (Å²) in [5, 5.41) is 7.32. The normalized spacial score (nSPS) is 21.5. The molecule has 1 aromatic heterocycles. The molecular formula is C18H29N3O2. The van der Waals surface area contributed by atoms with Gasteiger partial charge in [-0.3, -0.25) is 9.69 Å². The van der Waals surface area contributed by atoms with Gasteiger partial charge in [-0.1, -0.05) is 24.4 Å². The van der Waals surface area contributed by atoms with Crippen LogP contribution in [-0.4, -0.2) is 35.1 Å². The molecule has 1 N–H and O–H groups in total. The van der Waals surface area contributed by atoms with Gasteiger partial charge in [0.1, 0.15) is 5.76 Å². The number of piperidine rings is 1. The van der Waals surface area contributed by atoms with Gasteiger partial charge < -0.3 is 9.84 Å². The molecule has 1 saturated carbocycles. The highest BCUT2D eigenvalue weighted by Crippen LogP contribution is 2.24. The lowest BCUT2D eigenvalue weighted by Gasteiger charge is -2.33. The Labute approximate surface area is 138 Å². The standard InChI is InChI=1S/C18H29N3O2/c1-13-17(14(2)23-20-13)12-21-10-8-16(9-11-21)19-18(22)15-6-4-3-5-7-15/h15-16H,3-12H2,1-2H3,(H,19,22). The average Bonchev–Trinajstić information content (AvgIpc) is 2.89. The third kappa shape index (κ3) is 4.14. The second-order valence-corrected chi connectivity index (χ2v) is 7.20. The van der Waals surface area contributed by atoms with Gasteiger partial charge in [-0.15, -0.1) is 0 Å². The van der Waals surface area contributed by atoms with Crippen molar-refractivity contribution in [2.75, 3.05) is 13.1 Å². The van der Waals surface area contributed by atoms with Crippen molar-refractivity contribution >= 4 is 5.91 Å². The highest BCUT2D eigenvalue weighted by Gasteiger charge is 2.26. The van der Waals surface area contributed by atoms with Crippen LogP contribution in [0.1, 0.15) is 62.0 Å². The van der Waals surface area contributed by atoms with E-state index in [1.54, 1.807) is 0 Å². The summed E-state index contributed by atoms with van der Waals surface area (Å²) >= 11 is 0. The molecule has 2 aliphatic rings. The number of aryl methyl sites for hydroxylation is 2. The fourth-order valence-electron chi connectivity index (χ4n) is 3.87. The summed E-state index contributed by atoms with van der Waals surface area (Å²) in [5.41, 5.74) is 2.21. The summed E-state index contributed by atoms with van der Waals surface area (Å²) in [6.45, 7) is 6.94. The quantitative estimate of drug-likeness (QED) is 0.927. The monoisotopic (exact) mass is 319 g/mol. The zero-order valence-corrected chi connectivity index (χ0v) is 14.4. The summed E-state index contributed by atoms with van der Waals surface area (Å²) in [6.07, 6.45) is 7.98. The molecule has 1 aliphatic heterocycles. The van der Waals surface area contributed by atoms with E-state index in [-0.39, 0.29) is 5.92 Å². The van der Waals surface area contributed by atoms with Gasteiger partial charge in [0, 0.05) is 37.2 Å². The predicted octanol–water partition coefficient (Wildman–Crippen LogP) is 2.95. The van der Waals surface area contributed by atoms with Crippen LogP contribution in [0.5, 0.6) is 0 Å². The fraction of sp³-hybridized carbons (Fsp3) is 0.778. The van der Waals surface area contributed by atoms with E-state index in [9.17, 15) is 4.79 Å². The third-order valence-electron chi connectivity index (χ3n) is 5.47. The number of rotatable bonds is 4. The molecule has 5 heteroatoms. The number of likely N-dealkylation sites (tertiary alicyclic amines) is 1. The lowest BCUT2D eigenvalue weighted by molar-refractivity contribution is -0.127. The Hall–Kier alpha value is -1.36. The molecule has 1 amide bonds. The molecule has 23 heavy (non-hydrogen) atoms. The molecule has 0 spiro atoms. The zero-order chi connectivity index (χ0) is 16.2. The Balaban J connectivity index is 1.44. The highest BCUT2D eigenvalue weighted by molar-refractivity contribution is 5.79. The molecule has 2 heterocycles. The number of hydrogen-bond acceptors (Lipinski definition) is 4. The number of hydrogen-bond donors (Lipinski definition) is 1. The predicted molar refractivity (Wildman–Crippen MR) is 89.0 cm³/mol. The van der Waals surface area contributed by atoms with Gasteiger partial charge in [-0.2, -0.15) is 0 Å². The van der Waals surface area contributed by atoms with Crippen molar-refractivity contribution in [2.24, 2.45) is 5.92 Å². The van der Waals surface area contributed by atoms with Gasteiger partial charge in [-0.25, -0.2) is 0 Å². The lowest BCUT2D eigenvalue weighted by atomic mass is 9.88. The molecule has 0 atom stereocenters. The van der Waals surface area contributed by atoms with E-state index < -0.39 is 0 Å². The van der Waals surface area contributed by atoms with Crippen molar-refractivity contribution in [1.82, 2.24) is 15.4 Å². The first-order valence-electron chi connectivity index (χ1n) is 9.08. The number of amides is 1. The van der Waals surface area contributed by atoms with E-state index in [1.807, 2.05) is 13.8 Å². The van der Waals surface area contributed by atoms with Gasteiger partial charge >= 0.3 is 0 Å². The van der Waals surface area contributed by atoms with Crippen LogP contribution in [0.3, 0.4) is 0 Å². The Morgan fingerprint density at radius 1 is 1.17 bits per heavy atom. The molecule has 3 rings (SSSR count). The Morgan fingerprint density at radius 2 is 1.87 bits per heavy atom. The van der Waals surface area contributed by atoms with E-state index in [0.29, 0.717) is 11.9 Å². The zero-order valence-electron chi connectivity index (χ0n) is 14.4. The summed E-state index contributed by atoms with van der Waals surface area (Å²) < 4.78 is 5.24. The second kappa shape index (κ2) is 7.47. The first-order chi connectivity index (χ1) is 11.1. The van der Waals surface area contributed by atoms with Crippen molar-refractivity contribution < 1.29 is 9.32 Å². The number of carbonyl (C=O) groups is 1. The summed E-state index contributed by atoms with van der Waals surface area (Å²) in [7, 11) is 0. The fourth-order valence-corrected chi connectivity index (χ4v) is 3.87. The summed E-state index contributed by atoms with van der Waals surface area (Å²) in [6, 6.07) is 0.352. The largest absolute Gasteiger partial charge is 0.361 e. The Bertz CT molecular complexity index is 507. The van der Waals surface area contributed by atoms with Crippen molar-refractivity contribution in [3.05, 3.63) is 17.0 Å². The maximum Gasteiger partial charge on any atom is 0.223 e. The number of carbonyl (C=O) groups excluding carboxylic acids is 1. The van der Waals surface area contributed by atoms with Gasteiger partial charge in [0.25, 0.3) is 0 Å². The van der Waals surface area contributed by atoms with E-state index in [1.165, 1.54) is 24.8 Å². The highest BCUT2D eigenvalue weighted by atomic mass is 16.5. The van der Waals surface area contributed by atoms with Crippen LogP contribution in [0, 0.1) is 19.8 Å².